The van der Waals surface area contributed by atoms with Gasteiger partial charge in [-0.05, 0) is 30.5 Å². The molecule has 1 aromatic carbocycles. The predicted octanol–water partition coefficient (Wildman–Crippen LogP) is 1.60. The second-order valence-electron chi connectivity index (χ2n) is 5.04. The third kappa shape index (κ3) is 1.88. The number of imide groups is 1. The van der Waals surface area contributed by atoms with Crippen LogP contribution in [0.4, 0.5) is 5.69 Å². The number of nitrogens with two attached hydrogens (primary N) is 1. The third-order valence-electron chi connectivity index (χ3n) is 3.91. The standard InChI is InChI=1S/C15H16N2O2/c16-9-10-4-3-5-11(8-10)17-14(18)12-6-1-2-7-13(12)15(17)19/h1-5,8,12-13H,6-7,9,16H2. The Labute approximate surface area is 111 Å². The molecule has 0 bridgehead atoms. The zero-order valence-electron chi connectivity index (χ0n) is 10.6. The molecule has 1 heterocycles. The highest BCUT2D eigenvalue weighted by Gasteiger charge is 2.47. The zero-order valence-corrected chi connectivity index (χ0v) is 10.6. The van der Waals surface area contributed by atoms with Crippen molar-refractivity contribution < 1.29 is 9.59 Å². The lowest BCUT2D eigenvalue weighted by Crippen LogP contribution is -2.30. The number of carbonyl (C=O) groups excluding carboxylic acids is 2. The van der Waals surface area contributed by atoms with Gasteiger partial charge in [-0.2, -0.15) is 0 Å². The molecule has 2 unspecified atom stereocenters. The van der Waals surface area contributed by atoms with Gasteiger partial charge in [0.25, 0.3) is 0 Å². The van der Waals surface area contributed by atoms with Crippen molar-refractivity contribution in [2.45, 2.75) is 19.4 Å². The fraction of sp³-hybridized carbons (Fsp3) is 0.333. The summed E-state index contributed by atoms with van der Waals surface area (Å²) in [7, 11) is 0. The van der Waals surface area contributed by atoms with E-state index in [2.05, 4.69) is 0 Å². The minimum atomic E-state index is -0.181. The van der Waals surface area contributed by atoms with Gasteiger partial charge in [-0.15, -0.1) is 0 Å². The average molecular weight is 256 g/mol. The quantitative estimate of drug-likeness (QED) is 0.645. The molecule has 1 aromatic rings. The van der Waals surface area contributed by atoms with E-state index in [0.29, 0.717) is 25.1 Å². The maximum atomic E-state index is 12.4. The molecule has 2 aliphatic rings. The van der Waals surface area contributed by atoms with Crippen LogP contribution >= 0.6 is 0 Å². The Morgan fingerprint density at radius 3 is 2.32 bits per heavy atom. The van der Waals surface area contributed by atoms with Crippen LogP contribution in [-0.2, 0) is 16.1 Å². The summed E-state index contributed by atoms with van der Waals surface area (Å²) in [4.78, 5) is 26.1. The van der Waals surface area contributed by atoms with Gasteiger partial charge in [0.2, 0.25) is 11.8 Å². The van der Waals surface area contributed by atoms with E-state index in [0.717, 1.165) is 5.56 Å². The summed E-state index contributed by atoms with van der Waals surface area (Å²) in [6.07, 6.45) is 5.32. The number of rotatable bonds is 2. The van der Waals surface area contributed by atoms with Gasteiger partial charge in [0.15, 0.2) is 0 Å². The molecule has 4 heteroatoms. The Balaban J connectivity index is 1.97. The highest BCUT2D eigenvalue weighted by Crippen LogP contribution is 2.37. The van der Waals surface area contributed by atoms with Crippen LogP contribution in [0, 0.1) is 11.8 Å². The topological polar surface area (TPSA) is 63.4 Å². The second kappa shape index (κ2) is 4.63. The number of anilines is 1. The van der Waals surface area contributed by atoms with Crippen LogP contribution in [0.1, 0.15) is 18.4 Å². The Hall–Kier alpha value is -1.94. The first-order valence-corrected chi connectivity index (χ1v) is 6.54. The molecule has 2 N–H and O–H groups in total. The largest absolute Gasteiger partial charge is 0.326 e. The summed E-state index contributed by atoms with van der Waals surface area (Å²) >= 11 is 0. The summed E-state index contributed by atoms with van der Waals surface area (Å²) in [5.74, 6) is -0.514. The van der Waals surface area contributed by atoms with Crippen molar-refractivity contribution in [1.82, 2.24) is 0 Å². The predicted molar refractivity (Wildman–Crippen MR) is 72.2 cm³/mol. The highest BCUT2D eigenvalue weighted by molar-refractivity contribution is 6.22. The minimum absolute atomic E-state index is 0.0754. The molecule has 3 rings (SSSR count). The normalized spacial score (nSPS) is 25.8. The van der Waals surface area contributed by atoms with Crippen LogP contribution in [0.15, 0.2) is 36.4 Å². The fourth-order valence-corrected chi connectivity index (χ4v) is 2.88. The van der Waals surface area contributed by atoms with E-state index in [9.17, 15) is 9.59 Å². The first-order valence-electron chi connectivity index (χ1n) is 6.54. The van der Waals surface area contributed by atoms with Gasteiger partial charge >= 0.3 is 0 Å². The van der Waals surface area contributed by atoms with Crippen molar-refractivity contribution in [3.63, 3.8) is 0 Å². The Bertz CT molecular complexity index is 539. The van der Waals surface area contributed by atoms with Crippen molar-refractivity contribution in [1.29, 1.82) is 0 Å². The zero-order chi connectivity index (χ0) is 13.4. The van der Waals surface area contributed by atoms with Crippen molar-refractivity contribution >= 4 is 17.5 Å². The Morgan fingerprint density at radius 2 is 1.74 bits per heavy atom. The lowest BCUT2D eigenvalue weighted by molar-refractivity contribution is -0.122. The minimum Gasteiger partial charge on any atom is -0.326 e. The molecule has 1 aliphatic carbocycles. The van der Waals surface area contributed by atoms with Gasteiger partial charge in [-0.25, -0.2) is 0 Å². The maximum absolute atomic E-state index is 12.4. The first-order chi connectivity index (χ1) is 9.22. The lowest BCUT2D eigenvalue weighted by Gasteiger charge is -2.15. The van der Waals surface area contributed by atoms with E-state index in [1.54, 1.807) is 6.07 Å². The third-order valence-corrected chi connectivity index (χ3v) is 3.91. The summed E-state index contributed by atoms with van der Waals surface area (Å²) < 4.78 is 0. The van der Waals surface area contributed by atoms with E-state index in [4.69, 9.17) is 5.73 Å². The molecule has 0 radical (unpaired) electrons. The molecular weight excluding hydrogens is 240 g/mol. The van der Waals surface area contributed by atoms with E-state index in [1.165, 1.54) is 4.90 Å². The Morgan fingerprint density at radius 1 is 1.11 bits per heavy atom. The van der Waals surface area contributed by atoms with Crippen LogP contribution in [-0.4, -0.2) is 11.8 Å². The number of hydrogen-bond donors (Lipinski definition) is 1. The van der Waals surface area contributed by atoms with Gasteiger partial charge in [-0.1, -0.05) is 24.3 Å². The summed E-state index contributed by atoms with van der Waals surface area (Å²) in [5.41, 5.74) is 7.17. The maximum Gasteiger partial charge on any atom is 0.238 e. The van der Waals surface area contributed by atoms with E-state index in [-0.39, 0.29) is 23.7 Å². The molecule has 19 heavy (non-hydrogen) atoms. The monoisotopic (exact) mass is 256 g/mol. The fourth-order valence-electron chi connectivity index (χ4n) is 2.88. The lowest BCUT2D eigenvalue weighted by atomic mass is 9.85. The summed E-state index contributed by atoms with van der Waals surface area (Å²) in [6, 6.07) is 7.34. The van der Waals surface area contributed by atoms with E-state index >= 15 is 0 Å². The van der Waals surface area contributed by atoms with E-state index < -0.39 is 0 Å². The SMILES string of the molecule is NCc1cccc(N2C(=O)C3CC=CCC3C2=O)c1. The Kier molecular flexibility index (Phi) is 2.95. The summed E-state index contributed by atoms with van der Waals surface area (Å²) in [6.45, 7) is 0.401. The van der Waals surface area contributed by atoms with Crippen molar-refractivity contribution in [2.75, 3.05) is 4.90 Å². The summed E-state index contributed by atoms with van der Waals surface area (Å²) in [5, 5.41) is 0. The average Bonchev–Trinajstić information content (AvgIpc) is 2.72. The number of allylic oxidation sites excluding steroid dienone is 2. The van der Waals surface area contributed by atoms with Crippen LogP contribution in [0.5, 0.6) is 0 Å². The molecule has 4 nitrogen and oxygen atoms in total. The number of nitrogens with zero attached hydrogens (tertiary/aromatic N) is 1. The van der Waals surface area contributed by atoms with Gasteiger partial charge in [0, 0.05) is 6.54 Å². The molecule has 2 atom stereocenters. The van der Waals surface area contributed by atoms with Crippen LogP contribution in [0.3, 0.4) is 0 Å². The molecular formula is C15H16N2O2. The van der Waals surface area contributed by atoms with Crippen molar-refractivity contribution in [3.8, 4) is 0 Å². The van der Waals surface area contributed by atoms with E-state index in [1.807, 2.05) is 30.4 Å². The number of amides is 2. The van der Waals surface area contributed by atoms with Crippen LogP contribution in [0.25, 0.3) is 0 Å². The molecule has 0 aromatic heterocycles. The molecule has 1 fully saturated rings. The first kappa shape index (κ1) is 12.1. The molecule has 0 spiro atoms. The van der Waals surface area contributed by atoms with Crippen LogP contribution in [0.2, 0.25) is 0 Å². The highest BCUT2D eigenvalue weighted by atomic mass is 16.2. The molecule has 0 saturated carbocycles. The smallest absolute Gasteiger partial charge is 0.238 e. The number of benzene rings is 1. The molecule has 98 valence electrons. The molecule has 1 aliphatic heterocycles. The van der Waals surface area contributed by atoms with Gasteiger partial charge in [-0.3, -0.25) is 14.5 Å². The molecule has 2 amide bonds. The second-order valence-corrected chi connectivity index (χ2v) is 5.04. The molecule has 1 saturated heterocycles. The number of hydrogen-bond acceptors (Lipinski definition) is 3. The van der Waals surface area contributed by atoms with Crippen molar-refractivity contribution in [2.24, 2.45) is 17.6 Å². The van der Waals surface area contributed by atoms with Gasteiger partial charge in [0.1, 0.15) is 0 Å². The van der Waals surface area contributed by atoms with Crippen LogP contribution < -0.4 is 10.6 Å². The number of carbonyl (C=O) groups is 2. The number of fused-ring (bicyclic) bond motifs is 1. The van der Waals surface area contributed by atoms with Crippen molar-refractivity contribution in [3.05, 3.63) is 42.0 Å². The van der Waals surface area contributed by atoms with Gasteiger partial charge in [0.05, 0.1) is 17.5 Å². The van der Waals surface area contributed by atoms with Gasteiger partial charge < -0.3 is 5.73 Å².